The quantitative estimate of drug-likeness (QED) is 0.211. The minimum atomic E-state index is 0.909. The lowest BCUT2D eigenvalue weighted by atomic mass is 10.0. The van der Waals surface area contributed by atoms with Crippen LogP contribution in [0.4, 0.5) is 17.2 Å². The molecule has 0 fully saturated rings. The number of hydrogen-bond acceptors (Lipinski definition) is 3. The van der Waals surface area contributed by atoms with Gasteiger partial charge in [-0.25, -0.2) is 4.98 Å². The van der Waals surface area contributed by atoms with Crippen LogP contribution in [0.3, 0.4) is 0 Å². The van der Waals surface area contributed by atoms with E-state index in [2.05, 4.69) is 150 Å². The zero-order valence-electron chi connectivity index (χ0n) is 21.7. The third-order valence-electron chi connectivity index (χ3n) is 7.68. The molecular weight excluding hydrogens is 504 g/mol. The van der Waals surface area contributed by atoms with E-state index < -0.39 is 0 Å². The number of nitrogens with zero attached hydrogens (tertiary/aromatic N) is 2. The lowest BCUT2D eigenvalue weighted by molar-refractivity contribution is 1.22. The first-order chi connectivity index (χ1) is 19.8. The number of anilines is 3. The van der Waals surface area contributed by atoms with Gasteiger partial charge in [0.2, 0.25) is 0 Å². The summed E-state index contributed by atoms with van der Waals surface area (Å²) in [5, 5.41) is 7.47. The van der Waals surface area contributed by atoms with Gasteiger partial charge in [0, 0.05) is 26.8 Å². The summed E-state index contributed by atoms with van der Waals surface area (Å²) in [7, 11) is 0. The summed E-state index contributed by atoms with van der Waals surface area (Å²) in [6.45, 7) is 0. The highest BCUT2D eigenvalue weighted by Gasteiger charge is 2.17. The van der Waals surface area contributed by atoms with E-state index in [9.17, 15) is 0 Å². The van der Waals surface area contributed by atoms with E-state index in [1.807, 2.05) is 0 Å². The number of hydrogen-bond donors (Lipinski definition) is 0. The van der Waals surface area contributed by atoms with Gasteiger partial charge in [-0.05, 0) is 75.1 Å². The van der Waals surface area contributed by atoms with E-state index >= 15 is 0 Å². The van der Waals surface area contributed by atoms with Gasteiger partial charge in [0.1, 0.15) is 10.6 Å². The SMILES string of the molecule is c1ccc(-c2ccc(N(c3ccc4c(ccc5ccccc54)c3)c3ccc4c(n3)sc3ccccc34)cc2)cc1. The molecule has 0 aliphatic rings. The highest BCUT2D eigenvalue weighted by Crippen LogP contribution is 2.40. The van der Waals surface area contributed by atoms with Crippen molar-refractivity contribution >= 4 is 70.4 Å². The molecule has 0 amide bonds. The fourth-order valence-electron chi connectivity index (χ4n) is 5.71. The van der Waals surface area contributed by atoms with Crippen LogP contribution in [0.5, 0.6) is 0 Å². The zero-order chi connectivity index (χ0) is 26.5. The molecule has 8 aromatic rings. The van der Waals surface area contributed by atoms with Crippen LogP contribution in [0.1, 0.15) is 0 Å². The monoisotopic (exact) mass is 528 g/mol. The molecule has 0 spiro atoms. The molecule has 3 heteroatoms. The second-order valence-corrected chi connectivity index (χ2v) is 11.1. The molecule has 0 atom stereocenters. The molecule has 2 aromatic heterocycles. The molecule has 2 nitrogen and oxygen atoms in total. The average Bonchev–Trinajstić information content (AvgIpc) is 3.40. The number of rotatable bonds is 4. The Morgan fingerprint density at radius 2 is 1.10 bits per heavy atom. The Morgan fingerprint density at radius 3 is 1.98 bits per heavy atom. The Morgan fingerprint density at radius 1 is 0.450 bits per heavy atom. The first kappa shape index (κ1) is 22.9. The van der Waals surface area contributed by atoms with Crippen molar-refractivity contribution in [3.8, 4) is 11.1 Å². The number of aromatic nitrogens is 1. The van der Waals surface area contributed by atoms with Gasteiger partial charge >= 0.3 is 0 Å². The van der Waals surface area contributed by atoms with Crippen LogP contribution in [0.25, 0.3) is 53.0 Å². The summed E-state index contributed by atoms with van der Waals surface area (Å²) < 4.78 is 1.26. The summed E-state index contributed by atoms with van der Waals surface area (Å²) in [4.78, 5) is 8.54. The highest BCUT2D eigenvalue weighted by atomic mass is 32.1. The van der Waals surface area contributed by atoms with E-state index in [0.29, 0.717) is 0 Å². The number of pyridine rings is 1. The van der Waals surface area contributed by atoms with Crippen LogP contribution < -0.4 is 4.90 Å². The summed E-state index contributed by atoms with van der Waals surface area (Å²) in [5.74, 6) is 0.909. The molecule has 0 aliphatic heterocycles. The third kappa shape index (κ3) is 3.83. The van der Waals surface area contributed by atoms with E-state index in [4.69, 9.17) is 4.98 Å². The summed E-state index contributed by atoms with van der Waals surface area (Å²) >= 11 is 1.75. The van der Waals surface area contributed by atoms with Gasteiger partial charge < -0.3 is 0 Å². The predicted molar refractivity (Wildman–Crippen MR) is 172 cm³/mol. The second kappa shape index (κ2) is 9.33. The van der Waals surface area contributed by atoms with Gasteiger partial charge in [-0.1, -0.05) is 103 Å². The largest absolute Gasteiger partial charge is 0.295 e. The molecular formula is C37H24N2S. The molecule has 2 heterocycles. The van der Waals surface area contributed by atoms with Gasteiger partial charge in [-0.15, -0.1) is 11.3 Å². The normalized spacial score (nSPS) is 11.5. The van der Waals surface area contributed by atoms with Crippen molar-refractivity contribution in [3.63, 3.8) is 0 Å². The van der Waals surface area contributed by atoms with Crippen LogP contribution in [-0.2, 0) is 0 Å². The molecule has 0 N–H and O–H groups in total. The highest BCUT2D eigenvalue weighted by molar-refractivity contribution is 7.25. The van der Waals surface area contributed by atoms with Gasteiger partial charge in [0.25, 0.3) is 0 Å². The zero-order valence-corrected chi connectivity index (χ0v) is 22.5. The predicted octanol–water partition coefficient (Wildman–Crippen LogP) is 10.9. The van der Waals surface area contributed by atoms with Crippen molar-refractivity contribution in [3.05, 3.63) is 146 Å². The minimum Gasteiger partial charge on any atom is -0.295 e. The van der Waals surface area contributed by atoms with E-state index in [1.165, 1.54) is 48.1 Å². The standard InChI is InChI=1S/C37H24N2S/c1-2-8-25(9-3-1)26-16-18-29(19-17-26)39(36-23-22-34-33-12-6-7-13-35(33)40-37(34)38-36)30-20-21-32-28(24-30)15-14-27-10-4-5-11-31(27)32/h1-24H. The fraction of sp³-hybridized carbons (Fsp3) is 0. The first-order valence-electron chi connectivity index (χ1n) is 13.5. The van der Waals surface area contributed by atoms with Crippen molar-refractivity contribution in [1.82, 2.24) is 4.98 Å². The fourth-order valence-corrected chi connectivity index (χ4v) is 6.78. The Labute approximate surface area is 236 Å². The summed E-state index contributed by atoms with van der Waals surface area (Å²) in [6.07, 6.45) is 0. The third-order valence-corrected chi connectivity index (χ3v) is 8.76. The van der Waals surface area contributed by atoms with Crippen LogP contribution in [0.2, 0.25) is 0 Å². The van der Waals surface area contributed by atoms with Gasteiger partial charge in [0.15, 0.2) is 0 Å². The Balaban J connectivity index is 1.31. The maximum atomic E-state index is 5.22. The van der Waals surface area contributed by atoms with Gasteiger partial charge in [-0.3, -0.25) is 4.90 Å². The lowest BCUT2D eigenvalue weighted by Crippen LogP contribution is -2.11. The lowest BCUT2D eigenvalue weighted by Gasteiger charge is -2.25. The van der Waals surface area contributed by atoms with Crippen molar-refractivity contribution in [2.75, 3.05) is 4.90 Å². The minimum absolute atomic E-state index is 0.909. The molecule has 8 rings (SSSR count). The maximum Gasteiger partial charge on any atom is 0.139 e. The van der Waals surface area contributed by atoms with Crippen molar-refractivity contribution in [1.29, 1.82) is 0 Å². The molecule has 0 unspecified atom stereocenters. The molecule has 0 aliphatic carbocycles. The van der Waals surface area contributed by atoms with E-state index in [-0.39, 0.29) is 0 Å². The Hall–Kier alpha value is -4.99. The van der Waals surface area contributed by atoms with Crippen LogP contribution >= 0.6 is 11.3 Å². The van der Waals surface area contributed by atoms with Crippen molar-refractivity contribution < 1.29 is 0 Å². The van der Waals surface area contributed by atoms with Crippen LogP contribution in [0.15, 0.2) is 146 Å². The second-order valence-electron chi connectivity index (χ2n) is 10.1. The van der Waals surface area contributed by atoms with Crippen LogP contribution in [-0.4, -0.2) is 4.98 Å². The molecule has 0 saturated heterocycles. The van der Waals surface area contributed by atoms with E-state index in [1.54, 1.807) is 11.3 Å². The topological polar surface area (TPSA) is 16.1 Å². The molecule has 0 saturated carbocycles. The molecule has 6 aromatic carbocycles. The van der Waals surface area contributed by atoms with E-state index in [0.717, 1.165) is 22.0 Å². The van der Waals surface area contributed by atoms with Crippen molar-refractivity contribution in [2.45, 2.75) is 0 Å². The van der Waals surface area contributed by atoms with Gasteiger partial charge in [-0.2, -0.15) is 0 Å². The number of fused-ring (bicyclic) bond motifs is 6. The van der Waals surface area contributed by atoms with Gasteiger partial charge in [0.05, 0.1) is 0 Å². The number of benzene rings is 6. The molecule has 0 radical (unpaired) electrons. The smallest absolute Gasteiger partial charge is 0.139 e. The maximum absolute atomic E-state index is 5.22. The summed E-state index contributed by atoms with van der Waals surface area (Å²) in [6, 6.07) is 52.0. The first-order valence-corrected chi connectivity index (χ1v) is 14.3. The van der Waals surface area contributed by atoms with Crippen molar-refractivity contribution in [2.24, 2.45) is 0 Å². The number of thiophene rings is 1. The Bertz CT molecular complexity index is 2160. The van der Waals surface area contributed by atoms with Crippen LogP contribution in [0, 0.1) is 0 Å². The average molecular weight is 529 g/mol. The molecule has 0 bridgehead atoms. The Kier molecular flexibility index (Phi) is 5.35. The molecule has 188 valence electrons. The molecule has 40 heavy (non-hydrogen) atoms. The summed E-state index contributed by atoms with van der Waals surface area (Å²) in [5.41, 5.74) is 4.57.